The van der Waals surface area contributed by atoms with Gasteiger partial charge in [-0.1, -0.05) is 42.5 Å². The smallest absolute Gasteiger partial charge is 0.207 e. The molecule has 1 aliphatic rings. The molecule has 0 spiro atoms. The Balaban J connectivity index is 1.49. The molecule has 128 valence electrons. The van der Waals surface area contributed by atoms with Crippen LogP contribution in [0.25, 0.3) is 10.4 Å². The zero-order valence-corrected chi connectivity index (χ0v) is 14.9. The van der Waals surface area contributed by atoms with Crippen LogP contribution in [-0.2, 0) is 10.0 Å². The molecule has 1 saturated carbocycles. The van der Waals surface area contributed by atoms with Gasteiger partial charge in [0, 0.05) is 16.8 Å². The summed E-state index contributed by atoms with van der Waals surface area (Å²) in [5.41, 5.74) is 1.97. The van der Waals surface area contributed by atoms with E-state index in [9.17, 15) is 12.8 Å². The standard InChI is InChI=1S/C19H16FNO2S2/c20-15-8-6-14(7-9-15)18-10-11-19(24-18)25(22,23)21-17-12-16(17)13-4-2-1-3-5-13/h1-11,16-17,21H,12H2/t16-,17+/m0/s1. The molecular weight excluding hydrogens is 357 g/mol. The van der Waals surface area contributed by atoms with Gasteiger partial charge in [-0.2, -0.15) is 0 Å². The number of rotatable bonds is 5. The Morgan fingerprint density at radius 3 is 2.40 bits per heavy atom. The largest absolute Gasteiger partial charge is 0.250 e. The van der Waals surface area contributed by atoms with Crippen molar-refractivity contribution in [2.75, 3.05) is 0 Å². The van der Waals surface area contributed by atoms with Crippen molar-refractivity contribution < 1.29 is 12.8 Å². The molecule has 1 N–H and O–H groups in total. The van der Waals surface area contributed by atoms with Crippen LogP contribution in [0.15, 0.2) is 70.9 Å². The predicted octanol–water partition coefficient (Wildman–Crippen LogP) is 4.39. The predicted molar refractivity (Wildman–Crippen MR) is 97.6 cm³/mol. The molecule has 25 heavy (non-hydrogen) atoms. The summed E-state index contributed by atoms with van der Waals surface area (Å²) in [5, 5.41) is 0. The van der Waals surface area contributed by atoms with E-state index in [2.05, 4.69) is 4.72 Å². The molecule has 0 unspecified atom stereocenters. The van der Waals surface area contributed by atoms with Crippen LogP contribution >= 0.6 is 11.3 Å². The second kappa shape index (κ2) is 6.37. The van der Waals surface area contributed by atoms with Crippen LogP contribution in [0.3, 0.4) is 0 Å². The van der Waals surface area contributed by atoms with E-state index in [-0.39, 0.29) is 22.0 Å². The van der Waals surface area contributed by atoms with E-state index in [1.54, 1.807) is 24.3 Å². The van der Waals surface area contributed by atoms with Crippen molar-refractivity contribution >= 4 is 21.4 Å². The third kappa shape index (κ3) is 3.51. The Bertz CT molecular complexity index is 982. The van der Waals surface area contributed by atoms with Crippen molar-refractivity contribution in [3.05, 3.63) is 78.1 Å². The Morgan fingerprint density at radius 1 is 0.960 bits per heavy atom. The molecule has 0 amide bonds. The summed E-state index contributed by atoms with van der Waals surface area (Å²) in [4.78, 5) is 0.802. The fourth-order valence-electron chi connectivity index (χ4n) is 2.89. The van der Waals surface area contributed by atoms with Gasteiger partial charge in [0.15, 0.2) is 0 Å². The molecule has 3 aromatic rings. The van der Waals surface area contributed by atoms with E-state index in [0.29, 0.717) is 0 Å². The summed E-state index contributed by atoms with van der Waals surface area (Å²) in [6, 6.07) is 19.3. The third-order valence-electron chi connectivity index (χ3n) is 4.30. The Labute approximate surface area is 150 Å². The molecule has 0 saturated heterocycles. The van der Waals surface area contributed by atoms with E-state index in [1.165, 1.54) is 23.5 Å². The van der Waals surface area contributed by atoms with Gasteiger partial charge < -0.3 is 0 Å². The molecule has 0 bridgehead atoms. The molecule has 6 heteroatoms. The highest BCUT2D eigenvalue weighted by atomic mass is 32.2. The highest BCUT2D eigenvalue weighted by Gasteiger charge is 2.41. The van der Waals surface area contributed by atoms with Crippen LogP contribution in [0.2, 0.25) is 0 Å². The van der Waals surface area contributed by atoms with Crippen molar-refractivity contribution in [1.29, 1.82) is 0 Å². The van der Waals surface area contributed by atoms with Crippen LogP contribution in [0, 0.1) is 5.82 Å². The molecule has 0 radical (unpaired) electrons. The van der Waals surface area contributed by atoms with Gasteiger partial charge >= 0.3 is 0 Å². The molecule has 1 aliphatic carbocycles. The monoisotopic (exact) mass is 373 g/mol. The quantitative estimate of drug-likeness (QED) is 0.721. The highest BCUT2D eigenvalue weighted by molar-refractivity contribution is 7.91. The van der Waals surface area contributed by atoms with Crippen molar-refractivity contribution in [2.45, 2.75) is 22.6 Å². The van der Waals surface area contributed by atoms with Crippen molar-refractivity contribution in [1.82, 2.24) is 4.72 Å². The SMILES string of the molecule is O=S(=O)(N[C@@H]1C[C@H]1c1ccccc1)c1ccc(-c2ccc(F)cc2)s1. The second-order valence-corrected chi connectivity index (χ2v) is 9.13. The molecule has 2 aromatic carbocycles. The zero-order chi connectivity index (χ0) is 17.4. The molecule has 3 nitrogen and oxygen atoms in total. The van der Waals surface area contributed by atoms with Crippen LogP contribution in [0.1, 0.15) is 17.9 Å². The van der Waals surface area contributed by atoms with Gasteiger partial charge in [0.05, 0.1) is 0 Å². The first-order valence-corrected chi connectivity index (χ1v) is 10.3. The number of nitrogens with one attached hydrogen (secondary N) is 1. The van der Waals surface area contributed by atoms with E-state index in [1.807, 2.05) is 30.3 Å². The lowest BCUT2D eigenvalue weighted by molar-refractivity contribution is 0.582. The Hall–Kier alpha value is -2.02. The summed E-state index contributed by atoms with van der Waals surface area (Å²) in [6.07, 6.45) is 0.819. The number of benzene rings is 2. The van der Waals surface area contributed by atoms with Crippen LogP contribution in [-0.4, -0.2) is 14.5 Å². The topological polar surface area (TPSA) is 46.2 Å². The summed E-state index contributed by atoms with van der Waals surface area (Å²) in [5.74, 6) is -0.0667. The second-order valence-electron chi connectivity index (χ2n) is 6.11. The van der Waals surface area contributed by atoms with Gasteiger partial charge in [-0.05, 0) is 41.8 Å². The molecule has 1 aromatic heterocycles. The minimum atomic E-state index is -3.54. The number of sulfonamides is 1. The van der Waals surface area contributed by atoms with Crippen LogP contribution in [0.4, 0.5) is 4.39 Å². The lowest BCUT2D eigenvalue weighted by Crippen LogP contribution is -2.26. The molecule has 4 rings (SSSR count). The average molecular weight is 373 g/mol. The maximum Gasteiger partial charge on any atom is 0.250 e. The summed E-state index contributed by atoms with van der Waals surface area (Å²) < 4.78 is 41.3. The number of thiophene rings is 1. The normalized spacial score (nSPS) is 19.7. The summed E-state index contributed by atoms with van der Waals surface area (Å²) in [6.45, 7) is 0. The van der Waals surface area contributed by atoms with E-state index < -0.39 is 10.0 Å². The van der Waals surface area contributed by atoms with Gasteiger partial charge in [0.25, 0.3) is 0 Å². The highest BCUT2D eigenvalue weighted by Crippen LogP contribution is 2.42. The lowest BCUT2D eigenvalue weighted by Gasteiger charge is -2.04. The van der Waals surface area contributed by atoms with Crippen molar-refractivity contribution in [3.8, 4) is 10.4 Å². The Kier molecular flexibility index (Phi) is 4.19. The lowest BCUT2D eigenvalue weighted by atomic mass is 10.1. The molecule has 0 aliphatic heterocycles. The minimum Gasteiger partial charge on any atom is -0.207 e. The first-order valence-electron chi connectivity index (χ1n) is 7.96. The van der Waals surface area contributed by atoms with Crippen LogP contribution in [0.5, 0.6) is 0 Å². The first kappa shape index (κ1) is 16.4. The molecule has 2 atom stereocenters. The fourth-order valence-corrected chi connectivity index (χ4v) is 5.50. The average Bonchev–Trinajstić information content (AvgIpc) is 3.17. The van der Waals surface area contributed by atoms with E-state index in [4.69, 9.17) is 0 Å². The Morgan fingerprint density at radius 2 is 1.68 bits per heavy atom. The fraction of sp³-hybridized carbons (Fsp3) is 0.158. The maximum atomic E-state index is 13.0. The molecule has 1 heterocycles. The number of hydrogen-bond donors (Lipinski definition) is 1. The van der Waals surface area contributed by atoms with Gasteiger partial charge in [-0.15, -0.1) is 11.3 Å². The number of hydrogen-bond acceptors (Lipinski definition) is 3. The van der Waals surface area contributed by atoms with Gasteiger partial charge in [-0.3, -0.25) is 0 Å². The van der Waals surface area contributed by atoms with Crippen LogP contribution < -0.4 is 4.72 Å². The van der Waals surface area contributed by atoms with Crippen molar-refractivity contribution in [3.63, 3.8) is 0 Å². The third-order valence-corrected chi connectivity index (χ3v) is 7.42. The minimum absolute atomic E-state index is 0.0521. The summed E-state index contributed by atoms with van der Waals surface area (Å²) in [7, 11) is -3.54. The molecule has 1 fully saturated rings. The summed E-state index contributed by atoms with van der Waals surface area (Å²) >= 11 is 1.19. The number of halogens is 1. The zero-order valence-electron chi connectivity index (χ0n) is 13.2. The van der Waals surface area contributed by atoms with E-state index in [0.717, 1.165) is 22.4 Å². The maximum absolute atomic E-state index is 13.0. The van der Waals surface area contributed by atoms with Gasteiger partial charge in [-0.25, -0.2) is 17.5 Å². The molecular formula is C19H16FNO2S2. The van der Waals surface area contributed by atoms with E-state index >= 15 is 0 Å². The van der Waals surface area contributed by atoms with Crippen molar-refractivity contribution in [2.24, 2.45) is 0 Å². The van der Waals surface area contributed by atoms with Gasteiger partial charge in [0.1, 0.15) is 10.0 Å². The van der Waals surface area contributed by atoms with Gasteiger partial charge in [0.2, 0.25) is 10.0 Å². The first-order chi connectivity index (χ1) is 12.0.